The van der Waals surface area contributed by atoms with Crippen molar-refractivity contribution in [3.8, 4) is 5.75 Å². The van der Waals surface area contributed by atoms with Crippen LogP contribution < -0.4 is 10.1 Å². The zero-order chi connectivity index (χ0) is 20.3. The first kappa shape index (κ1) is 20.2. The minimum absolute atomic E-state index is 0.00185. The fraction of sp³-hybridized carbons (Fsp3) is 0.545. The van der Waals surface area contributed by atoms with Crippen molar-refractivity contribution in [3.63, 3.8) is 0 Å². The van der Waals surface area contributed by atoms with Crippen molar-refractivity contribution >= 4 is 6.03 Å². The van der Waals surface area contributed by atoms with Crippen LogP contribution >= 0.6 is 0 Å². The van der Waals surface area contributed by atoms with Gasteiger partial charge in [-0.3, -0.25) is 4.68 Å². The third kappa shape index (κ3) is 4.16. The molecule has 2 heterocycles. The number of piperidine rings is 1. The summed E-state index contributed by atoms with van der Waals surface area (Å²) in [5.74, 6) is 1.43. The molecule has 28 heavy (non-hydrogen) atoms. The SMILES string of the molecule is COc1ccccc1[C@H]1C[C@@H](C)CCN1C(=O)NCCc1c(C)nn(C)c1C. The fourth-order valence-electron chi connectivity index (χ4n) is 4.20. The molecule has 6 nitrogen and oxygen atoms in total. The molecule has 1 aromatic heterocycles. The number of urea groups is 1. The summed E-state index contributed by atoms with van der Waals surface area (Å²) in [6.07, 6.45) is 2.77. The number of nitrogens with zero attached hydrogens (tertiary/aromatic N) is 3. The lowest BCUT2D eigenvalue weighted by Gasteiger charge is -2.39. The van der Waals surface area contributed by atoms with E-state index in [1.165, 1.54) is 5.56 Å². The van der Waals surface area contributed by atoms with Crippen LogP contribution in [0, 0.1) is 19.8 Å². The minimum Gasteiger partial charge on any atom is -0.496 e. The van der Waals surface area contributed by atoms with E-state index in [4.69, 9.17) is 4.74 Å². The molecule has 0 bridgehead atoms. The molecule has 1 fully saturated rings. The number of amides is 2. The van der Waals surface area contributed by atoms with Crippen LogP contribution in [-0.4, -0.2) is 40.9 Å². The molecule has 0 unspecified atom stereocenters. The Kier molecular flexibility index (Phi) is 6.27. The summed E-state index contributed by atoms with van der Waals surface area (Å²) in [6, 6.07) is 8.07. The van der Waals surface area contributed by atoms with Gasteiger partial charge in [0, 0.05) is 31.4 Å². The number of aromatic nitrogens is 2. The predicted octanol–water partition coefficient (Wildman–Crippen LogP) is 3.77. The van der Waals surface area contributed by atoms with Crippen molar-refractivity contribution in [1.29, 1.82) is 0 Å². The van der Waals surface area contributed by atoms with Crippen molar-refractivity contribution < 1.29 is 9.53 Å². The number of para-hydroxylation sites is 1. The Morgan fingerprint density at radius 2 is 2.07 bits per heavy atom. The second-order valence-electron chi connectivity index (χ2n) is 7.84. The number of aryl methyl sites for hydroxylation is 2. The molecule has 0 spiro atoms. The van der Waals surface area contributed by atoms with Crippen molar-refractivity contribution in [2.45, 2.75) is 46.1 Å². The largest absolute Gasteiger partial charge is 0.496 e. The van der Waals surface area contributed by atoms with Crippen LogP contribution in [0.2, 0.25) is 0 Å². The molecule has 1 saturated heterocycles. The summed E-state index contributed by atoms with van der Waals surface area (Å²) in [5, 5.41) is 7.58. The Morgan fingerprint density at radius 1 is 1.32 bits per heavy atom. The molecule has 0 radical (unpaired) electrons. The van der Waals surface area contributed by atoms with E-state index >= 15 is 0 Å². The molecule has 2 aromatic rings. The predicted molar refractivity (Wildman–Crippen MR) is 111 cm³/mol. The smallest absolute Gasteiger partial charge is 0.317 e. The Hall–Kier alpha value is -2.50. The summed E-state index contributed by atoms with van der Waals surface area (Å²) >= 11 is 0. The number of benzene rings is 1. The number of likely N-dealkylation sites (tertiary alicyclic amines) is 1. The Labute approximate surface area is 167 Å². The van der Waals surface area contributed by atoms with Gasteiger partial charge in [0.25, 0.3) is 0 Å². The first-order valence-electron chi connectivity index (χ1n) is 10.1. The number of carbonyl (C=O) groups excluding carboxylic acids is 1. The van der Waals surface area contributed by atoms with E-state index in [0.717, 1.165) is 48.5 Å². The van der Waals surface area contributed by atoms with Crippen LogP contribution in [0.1, 0.15) is 48.3 Å². The molecule has 1 aliphatic heterocycles. The normalized spacial score (nSPS) is 19.5. The van der Waals surface area contributed by atoms with Crippen LogP contribution in [-0.2, 0) is 13.5 Å². The van der Waals surface area contributed by atoms with Crippen LogP contribution in [0.25, 0.3) is 0 Å². The highest BCUT2D eigenvalue weighted by molar-refractivity contribution is 5.75. The zero-order valence-electron chi connectivity index (χ0n) is 17.7. The number of carbonyl (C=O) groups is 1. The van der Waals surface area contributed by atoms with Gasteiger partial charge in [-0.1, -0.05) is 25.1 Å². The van der Waals surface area contributed by atoms with Gasteiger partial charge in [-0.15, -0.1) is 0 Å². The van der Waals surface area contributed by atoms with Crippen molar-refractivity contribution in [1.82, 2.24) is 20.0 Å². The standard InChI is InChI=1S/C22H32N4O2/c1-15-11-13-26(20(14-15)19-8-6-7-9-21(19)28-5)22(27)23-12-10-18-16(2)24-25(4)17(18)3/h6-9,15,20H,10-14H2,1-5H3,(H,23,27)/t15-,20+/m0/s1. The van der Waals surface area contributed by atoms with Crippen molar-refractivity contribution in [2.24, 2.45) is 13.0 Å². The molecule has 1 aliphatic rings. The van der Waals surface area contributed by atoms with Gasteiger partial charge in [-0.2, -0.15) is 5.10 Å². The summed E-state index contributed by atoms with van der Waals surface area (Å²) in [5.41, 5.74) is 4.50. The quantitative estimate of drug-likeness (QED) is 0.854. The molecule has 3 rings (SSSR count). The lowest BCUT2D eigenvalue weighted by molar-refractivity contribution is 0.130. The van der Waals surface area contributed by atoms with E-state index in [2.05, 4.69) is 30.3 Å². The van der Waals surface area contributed by atoms with Gasteiger partial charge in [0.2, 0.25) is 0 Å². The van der Waals surface area contributed by atoms with Gasteiger partial charge >= 0.3 is 6.03 Å². The number of rotatable bonds is 5. The second-order valence-corrected chi connectivity index (χ2v) is 7.84. The van der Waals surface area contributed by atoms with Gasteiger partial charge in [0.1, 0.15) is 5.75 Å². The van der Waals surface area contributed by atoms with E-state index in [0.29, 0.717) is 12.5 Å². The maximum atomic E-state index is 13.0. The van der Waals surface area contributed by atoms with E-state index in [9.17, 15) is 4.79 Å². The summed E-state index contributed by atoms with van der Waals surface area (Å²) in [6.45, 7) is 7.72. The molecule has 6 heteroatoms. The molecule has 0 aliphatic carbocycles. The molecular weight excluding hydrogens is 352 g/mol. The van der Waals surface area contributed by atoms with Crippen LogP contribution in [0.4, 0.5) is 4.79 Å². The summed E-state index contributed by atoms with van der Waals surface area (Å²) in [7, 11) is 3.64. The van der Waals surface area contributed by atoms with Crippen LogP contribution in [0.5, 0.6) is 5.75 Å². The van der Waals surface area contributed by atoms with Crippen LogP contribution in [0.3, 0.4) is 0 Å². The van der Waals surface area contributed by atoms with Gasteiger partial charge in [0.05, 0.1) is 18.8 Å². The molecule has 2 atom stereocenters. The number of hydrogen-bond donors (Lipinski definition) is 1. The summed E-state index contributed by atoms with van der Waals surface area (Å²) in [4.78, 5) is 15.0. The van der Waals surface area contributed by atoms with Gasteiger partial charge in [0.15, 0.2) is 0 Å². The topological polar surface area (TPSA) is 59.4 Å². The third-order valence-electron chi connectivity index (χ3n) is 5.93. The third-order valence-corrected chi connectivity index (χ3v) is 5.93. The first-order valence-corrected chi connectivity index (χ1v) is 10.1. The van der Waals surface area contributed by atoms with E-state index in [1.807, 2.05) is 41.8 Å². The number of nitrogens with one attached hydrogen (secondary N) is 1. The van der Waals surface area contributed by atoms with Gasteiger partial charge in [-0.25, -0.2) is 4.79 Å². The average molecular weight is 385 g/mol. The maximum Gasteiger partial charge on any atom is 0.317 e. The molecule has 2 amide bonds. The molecule has 1 N–H and O–H groups in total. The monoisotopic (exact) mass is 384 g/mol. The maximum absolute atomic E-state index is 13.0. The lowest BCUT2D eigenvalue weighted by atomic mass is 9.88. The van der Waals surface area contributed by atoms with Crippen LogP contribution in [0.15, 0.2) is 24.3 Å². The minimum atomic E-state index is 0.00185. The highest BCUT2D eigenvalue weighted by Crippen LogP contribution is 2.38. The number of methoxy groups -OCH3 is 1. The Morgan fingerprint density at radius 3 is 2.75 bits per heavy atom. The number of hydrogen-bond acceptors (Lipinski definition) is 3. The molecule has 1 aromatic carbocycles. The lowest BCUT2D eigenvalue weighted by Crippen LogP contribution is -2.46. The van der Waals surface area contributed by atoms with E-state index in [1.54, 1.807) is 7.11 Å². The summed E-state index contributed by atoms with van der Waals surface area (Å²) < 4.78 is 7.46. The number of ether oxygens (including phenoxy) is 1. The Balaban J connectivity index is 1.70. The van der Waals surface area contributed by atoms with E-state index < -0.39 is 0 Å². The van der Waals surface area contributed by atoms with Crippen molar-refractivity contribution in [3.05, 3.63) is 46.8 Å². The van der Waals surface area contributed by atoms with E-state index in [-0.39, 0.29) is 12.1 Å². The molecular formula is C22H32N4O2. The highest BCUT2D eigenvalue weighted by Gasteiger charge is 2.32. The first-order chi connectivity index (χ1) is 13.4. The van der Waals surface area contributed by atoms with Gasteiger partial charge in [-0.05, 0) is 50.7 Å². The fourth-order valence-corrected chi connectivity index (χ4v) is 4.20. The zero-order valence-corrected chi connectivity index (χ0v) is 17.7. The Bertz CT molecular complexity index is 830. The van der Waals surface area contributed by atoms with Crippen molar-refractivity contribution in [2.75, 3.05) is 20.2 Å². The average Bonchev–Trinajstić information content (AvgIpc) is 2.93. The highest BCUT2D eigenvalue weighted by atomic mass is 16.5. The molecule has 152 valence electrons. The molecule has 0 saturated carbocycles. The van der Waals surface area contributed by atoms with Gasteiger partial charge < -0.3 is 15.0 Å². The second kappa shape index (κ2) is 8.67.